The summed E-state index contributed by atoms with van der Waals surface area (Å²) in [7, 11) is 1.30. The van der Waals surface area contributed by atoms with E-state index in [1.165, 1.54) is 7.11 Å². The van der Waals surface area contributed by atoms with Crippen LogP contribution in [0, 0.1) is 5.92 Å². The quantitative estimate of drug-likeness (QED) is 0.795. The van der Waals surface area contributed by atoms with Gasteiger partial charge in [-0.25, -0.2) is 0 Å². The fourth-order valence-corrected chi connectivity index (χ4v) is 1.81. The Morgan fingerprint density at radius 3 is 2.94 bits per heavy atom. The van der Waals surface area contributed by atoms with Crippen LogP contribution >= 0.6 is 0 Å². The Hall–Kier alpha value is -1.29. The summed E-state index contributed by atoms with van der Waals surface area (Å²) in [5.41, 5.74) is 0. The van der Waals surface area contributed by atoms with Gasteiger partial charge in [-0.05, 0) is 24.5 Å². The van der Waals surface area contributed by atoms with Gasteiger partial charge in [0.15, 0.2) is 0 Å². The number of esters is 1. The molecule has 0 amide bonds. The molecule has 0 aliphatic heterocycles. The predicted molar refractivity (Wildman–Crippen MR) is 56.8 cm³/mol. The van der Waals surface area contributed by atoms with E-state index < -0.39 is 12.1 Å². The average molecular weight is 224 g/mol. The number of furan rings is 1. The molecule has 0 bridgehead atoms. The van der Waals surface area contributed by atoms with Crippen LogP contribution in [-0.4, -0.2) is 18.2 Å². The molecule has 4 heteroatoms. The molecule has 0 aromatic carbocycles. The van der Waals surface area contributed by atoms with Gasteiger partial charge in [-0.1, -0.05) is 6.92 Å². The molecule has 1 saturated carbocycles. The molecule has 1 aromatic heterocycles. The minimum atomic E-state index is -0.907. The SMILES string of the molecule is COC(=O)C[C@H](O)c1ccc(C2CC2C)o1. The van der Waals surface area contributed by atoms with Gasteiger partial charge in [0.2, 0.25) is 0 Å². The van der Waals surface area contributed by atoms with Crippen molar-refractivity contribution < 1.29 is 19.1 Å². The van der Waals surface area contributed by atoms with E-state index >= 15 is 0 Å². The Kier molecular flexibility index (Phi) is 3.01. The van der Waals surface area contributed by atoms with Crippen molar-refractivity contribution in [3.63, 3.8) is 0 Å². The Morgan fingerprint density at radius 2 is 2.38 bits per heavy atom. The Balaban J connectivity index is 1.98. The molecule has 2 rings (SSSR count). The van der Waals surface area contributed by atoms with Gasteiger partial charge in [0.1, 0.15) is 17.6 Å². The lowest BCUT2D eigenvalue weighted by Gasteiger charge is -2.05. The van der Waals surface area contributed by atoms with Crippen LogP contribution in [0.1, 0.15) is 43.3 Å². The number of aliphatic hydroxyl groups excluding tert-OH is 1. The fraction of sp³-hybridized carbons (Fsp3) is 0.583. The van der Waals surface area contributed by atoms with Crippen LogP contribution < -0.4 is 0 Å². The Labute approximate surface area is 94.2 Å². The highest BCUT2D eigenvalue weighted by atomic mass is 16.5. The summed E-state index contributed by atoms with van der Waals surface area (Å²) >= 11 is 0. The molecule has 1 heterocycles. The predicted octanol–water partition coefficient (Wildman–Crippen LogP) is 2.00. The van der Waals surface area contributed by atoms with Gasteiger partial charge in [-0.15, -0.1) is 0 Å². The van der Waals surface area contributed by atoms with E-state index in [0.717, 1.165) is 12.2 Å². The highest BCUT2D eigenvalue weighted by Crippen LogP contribution is 2.47. The number of carbonyl (C=O) groups excluding carboxylic acids is 1. The smallest absolute Gasteiger partial charge is 0.308 e. The maximum absolute atomic E-state index is 11.0. The second-order valence-electron chi connectivity index (χ2n) is 4.36. The Bertz CT molecular complexity index is 382. The molecule has 1 aliphatic rings. The number of methoxy groups -OCH3 is 1. The maximum Gasteiger partial charge on any atom is 0.308 e. The number of carbonyl (C=O) groups is 1. The van der Waals surface area contributed by atoms with Crippen LogP contribution in [0.4, 0.5) is 0 Å². The first kappa shape index (κ1) is 11.2. The number of ether oxygens (including phenoxy) is 1. The summed E-state index contributed by atoms with van der Waals surface area (Å²) in [5.74, 6) is 2.06. The number of rotatable bonds is 4. The van der Waals surface area contributed by atoms with Crippen LogP contribution in [0.15, 0.2) is 16.5 Å². The molecule has 1 aromatic rings. The molecule has 1 N–H and O–H groups in total. The minimum absolute atomic E-state index is 0.0658. The molecule has 1 aliphatic carbocycles. The second kappa shape index (κ2) is 4.29. The van der Waals surface area contributed by atoms with Crippen LogP contribution in [0.5, 0.6) is 0 Å². The van der Waals surface area contributed by atoms with Crippen molar-refractivity contribution in [1.29, 1.82) is 0 Å². The molecule has 88 valence electrons. The van der Waals surface area contributed by atoms with E-state index in [9.17, 15) is 9.90 Å². The van der Waals surface area contributed by atoms with Gasteiger partial charge in [-0.3, -0.25) is 4.79 Å². The van der Waals surface area contributed by atoms with Crippen molar-refractivity contribution in [3.05, 3.63) is 23.7 Å². The van der Waals surface area contributed by atoms with Crippen molar-refractivity contribution in [2.75, 3.05) is 7.11 Å². The van der Waals surface area contributed by atoms with E-state index in [2.05, 4.69) is 11.7 Å². The number of hydrogen-bond acceptors (Lipinski definition) is 4. The molecule has 1 fully saturated rings. The van der Waals surface area contributed by atoms with Crippen molar-refractivity contribution in [2.45, 2.75) is 31.8 Å². The van der Waals surface area contributed by atoms with E-state index in [0.29, 0.717) is 17.6 Å². The summed E-state index contributed by atoms with van der Waals surface area (Å²) in [6.07, 6.45) is 0.166. The third-order valence-electron chi connectivity index (χ3n) is 3.04. The van der Waals surface area contributed by atoms with Gasteiger partial charge in [0, 0.05) is 5.92 Å². The van der Waals surface area contributed by atoms with Gasteiger partial charge in [-0.2, -0.15) is 0 Å². The minimum Gasteiger partial charge on any atom is -0.469 e. The molecular formula is C12H16O4. The molecule has 4 nitrogen and oxygen atoms in total. The number of hydrogen-bond donors (Lipinski definition) is 1. The van der Waals surface area contributed by atoms with E-state index in [1.54, 1.807) is 6.07 Å². The summed E-state index contributed by atoms with van der Waals surface area (Å²) in [5, 5.41) is 9.71. The van der Waals surface area contributed by atoms with Crippen LogP contribution in [0.25, 0.3) is 0 Å². The first-order valence-corrected chi connectivity index (χ1v) is 5.46. The zero-order chi connectivity index (χ0) is 11.7. The van der Waals surface area contributed by atoms with Crippen molar-refractivity contribution >= 4 is 5.97 Å². The second-order valence-corrected chi connectivity index (χ2v) is 4.36. The normalized spacial score (nSPS) is 25.2. The monoisotopic (exact) mass is 224 g/mol. The van der Waals surface area contributed by atoms with Crippen molar-refractivity contribution in [3.8, 4) is 0 Å². The third kappa shape index (κ3) is 2.27. The van der Waals surface area contributed by atoms with Gasteiger partial charge in [0.25, 0.3) is 0 Å². The summed E-state index contributed by atoms with van der Waals surface area (Å²) in [6.45, 7) is 2.16. The third-order valence-corrected chi connectivity index (χ3v) is 3.04. The van der Waals surface area contributed by atoms with E-state index in [-0.39, 0.29) is 6.42 Å². The highest BCUT2D eigenvalue weighted by molar-refractivity contribution is 5.69. The van der Waals surface area contributed by atoms with E-state index in [4.69, 9.17) is 4.42 Å². The summed E-state index contributed by atoms with van der Waals surface area (Å²) in [6, 6.07) is 3.61. The molecule has 2 unspecified atom stereocenters. The lowest BCUT2D eigenvalue weighted by Crippen LogP contribution is -2.07. The molecule has 0 spiro atoms. The number of aliphatic hydroxyl groups is 1. The van der Waals surface area contributed by atoms with Gasteiger partial charge >= 0.3 is 5.97 Å². The lowest BCUT2D eigenvalue weighted by atomic mass is 10.2. The molecule has 0 saturated heterocycles. The highest BCUT2D eigenvalue weighted by Gasteiger charge is 2.37. The molecule has 3 atom stereocenters. The Morgan fingerprint density at radius 1 is 1.69 bits per heavy atom. The fourth-order valence-electron chi connectivity index (χ4n) is 1.81. The summed E-state index contributed by atoms with van der Waals surface area (Å²) < 4.78 is 10.0. The van der Waals surface area contributed by atoms with Crippen LogP contribution in [-0.2, 0) is 9.53 Å². The average Bonchev–Trinajstić information content (AvgIpc) is 2.82. The molecule has 16 heavy (non-hydrogen) atoms. The molecular weight excluding hydrogens is 208 g/mol. The van der Waals surface area contributed by atoms with Gasteiger partial charge in [0.05, 0.1) is 13.5 Å². The molecule has 0 radical (unpaired) electrons. The first-order valence-electron chi connectivity index (χ1n) is 5.46. The van der Waals surface area contributed by atoms with Crippen molar-refractivity contribution in [1.82, 2.24) is 0 Å². The zero-order valence-corrected chi connectivity index (χ0v) is 9.47. The lowest BCUT2D eigenvalue weighted by molar-refractivity contribution is -0.143. The largest absolute Gasteiger partial charge is 0.469 e. The summed E-state index contributed by atoms with van der Waals surface area (Å²) in [4.78, 5) is 11.0. The van der Waals surface area contributed by atoms with Gasteiger partial charge < -0.3 is 14.3 Å². The standard InChI is InChI=1S/C12H16O4/c1-7-5-8(7)10-3-4-11(16-10)9(13)6-12(14)15-2/h3-4,7-9,13H,5-6H2,1-2H3/t7?,8?,9-/m0/s1. The van der Waals surface area contributed by atoms with Crippen LogP contribution in [0.3, 0.4) is 0 Å². The van der Waals surface area contributed by atoms with E-state index in [1.807, 2.05) is 6.07 Å². The zero-order valence-electron chi connectivity index (χ0n) is 9.47. The van der Waals surface area contributed by atoms with Crippen LogP contribution in [0.2, 0.25) is 0 Å². The van der Waals surface area contributed by atoms with Crippen molar-refractivity contribution in [2.24, 2.45) is 5.92 Å². The topological polar surface area (TPSA) is 59.7 Å². The first-order chi connectivity index (χ1) is 7.61. The maximum atomic E-state index is 11.0.